The molecule has 1 aliphatic heterocycles. The van der Waals surface area contributed by atoms with Gasteiger partial charge in [-0.2, -0.15) is 0 Å². The summed E-state index contributed by atoms with van der Waals surface area (Å²) in [6.07, 6.45) is 1.68. The van der Waals surface area contributed by atoms with Crippen LogP contribution in [0.4, 0.5) is 0 Å². The Labute approximate surface area is 116 Å². The van der Waals surface area contributed by atoms with Crippen molar-refractivity contribution >= 4 is 23.4 Å². The van der Waals surface area contributed by atoms with Crippen LogP contribution in [0, 0.1) is 0 Å². The van der Waals surface area contributed by atoms with Crippen molar-refractivity contribution < 1.29 is 9.59 Å². The van der Waals surface area contributed by atoms with Gasteiger partial charge < -0.3 is 10.2 Å². The summed E-state index contributed by atoms with van der Waals surface area (Å²) in [5, 5.41) is 3.38. The first-order chi connectivity index (χ1) is 9.12. The van der Waals surface area contributed by atoms with Gasteiger partial charge in [0, 0.05) is 18.1 Å². The van der Waals surface area contributed by atoms with Crippen LogP contribution in [0.1, 0.15) is 18.4 Å². The van der Waals surface area contributed by atoms with Crippen molar-refractivity contribution in [2.75, 3.05) is 19.6 Å². The first-order valence-corrected chi connectivity index (χ1v) is 6.82. The first kappa shape index (κ1) is 12.5. The number of carbonyl (C=O) groups excluding carboxylic acids is 2. The Morgan fingerprint density at radius 2 is 2.16 bits per heavy atom. The van der Waals surface area contributed by atoms with Gasteiger partial charge in [0.2, 0.25) is 11.8 Å². The standard InChI is InChI=1S/C14H15ClN2O2/c15-11-3-1-2-10(8-11)14(4-5-14)13(19)17-7-6-16-12(18)9-17/h1-3,8H,4-7,9H2,(H,16,18). The van der Waals surface area contributed by atoms with Crippen molar-refractivity contribution in [2.45, 2.75) is 18.3 Å². The molecule has 0 radical (unpaired) electrons. The van der Waals surface area contributed by atoms with E-state index >= 15 is 0 Å². The third-order valence-electron chi connectivity index (χ3n) is 3.86. The van der Waals surface area contributed by atoms with Gasteiger partial charge in [0.05, 0.1) is 12.0 Å². The molecule has 0 spiro atoms. The Bertz CT molecular complexity index is 540. The monoisotopic (exact) mass is 278 g/mol. The molecule has 2 fully saturated rings. The summed E-state index contributed by atoms with van der Waals surface area (Å²) in [6, 6.07) is 7.48. The molecule has 1 heterocycles. The second-order valence-electron chi connectivity index (χ2n) is 5.17. The SMILES string of the molecule is O=C1CN(C(=O)C2(c3cccc(Cl)c3)CC2)CCN1. The fourth-order valence-electron chi connectivity index (χ4n) is 2.65. The molecule has 0 aromatic heterocycles. The maximum atomic E-state index is 12.6. The lowest BCUT2D eigenvalue weighted by Crippen LogP contribution is -2.52. The van der Waals surface area contributed by atoms with Gasteiger partial charge in [0.1, 0.15) is 0 Å². The fourth-order valence-corrected chi connectivity index (χ4v) is 2.84. The van der Waals surface area contributed by atoms with Gasteiger partial charge in [-0.15, -0.1) is 0 Å². The summed E-state index contributed by atoms with van der Waals surface area (Å²) in [4.78, 5) is 25.7. The van der Waals surface area contributed by atoms with E-state index in [0.29, 0.717) is 18.1 Å². The van der Waals surface area contributed by atoms with E-state index in [2.05, 4.69) is 5.32 Å². The average Bonchev–Trinajstić information content (AvgIpc) is 3.19. The molecule has 2 aliphatic rings. The number of amides is 2. The lowest BCUT2D eigenvalue weighted by Gasteiger charge is -2.30. The molecule has 1 aromatic rings. The number of carbonyl (C=O) groups is 2. The smallest absolute Gasteiger partial charge is 0.239 e. The van der Waals surface area contributed by atoms with Crippen LogP contribution in [0.3, 0.4) is 0 Å². The second-order valence-corrected chi connectivity index (χ2v) is 5.61. The number of piperazine rings is 1. The van der Waals surface area contributed by atoms with Gasteiger partial charge in [0.25, 0.3) is 0 Å². The highest BCUT2D eigenvalue weighted by Gasteiger charge is 2.53. The molecule has 1 aliphatic carbocycles. The van der Waals surface area contributed by atoms with E-state index in [1.165, 1.54) is 0 Å². The maximum Gasteiger partial charge on any atom is 0.239 e. The highest BCUT2D eigenvalue weighted by molar-refractivity contribution is 6.30. The van der Waals surface area contributed by atoms with Gasteiger partial charge in [0.15, 0.2) is 0 Å². The third kappa shape index (κ3) is 2.21. The molecule has 1 aromatic carbocycles. The number of nitrogens with zero attached hydrogens (tertiary/aromatic N) is 1. The summed E-state index contributed by atoms with van der Waals surface area (Å²) >= 11 is 6.00. The van der Waals surface area contributed by atoms with Crippen LogP contribution in [0.2, 0.25) is 5.02 Å². The van der Waals surface area contributed by atoms with Crippen LogP contribution in [0.15, 0.2) is 24.3 Å². The Morgan fingerprint density at radius 3 is 2.79 bits per heavy atom. The molecule has 0 bridgehead atoms. The van der Waals surface area contributed by atoms with E-state index in [0.717, 1.165) is 18.4 Å². The van der Waals surface area contributed by atoms with E-state index < -0.39 is 5.41 Å². The van der Waals surface area contributed by atoms with Gasteiger partial charge in [-0.05, 0) is 30.5 Å². The molecule has 0 atom stereocenters. The minimum Gasteiger partial charge on any atom is -0.353 e. The summed E-state index contributed by atoms with van der Waals surface area (Å²) in [5.74, 6) is -0.0221. The molecule has 1 saturated heterocycles. The molecule has 100 valence electrons. The van der Waals surface area contributed by atoms with Crippen molar-refractivity contribution in [3.8, 4) is 0 Å². The van der Waals surface area contributed by atoms with Crippen LogP contribution in [0.5, 0.6) is 0 Å². The Kier molecular flexibility index (Phi) is 2.97. The highest BCUT2D eigenvalue weighted by atomic mass is 35.5. The predicted octanol–water partition coefficient (Wildman–Crippen LogP) is 1.33. The predicted molar refractivity (Wildman–Crippen MR) is 72.0 cm³/mol. The summed E-state index contributed by atoms with van der Waals surface area (Å²) in [5.41, 5.74) is 0.527. The fraction of sp³-hybridized carbons (Fsp3) is 0.429. The van der Waals surface area contributed by atoms with Crippen molar-refractivity contribution in [3.05, 3.63) is 34.9 Å². The quantitative estimate of drug-likeness (QED) is 0.887. The van der Waals surface area contributed by atoms with E-state index in [1.54, 1.807) is 11.0 Å². The van der Waals surface area contributed by atoms with Crippen LogP contribution >= 0.6 is 11.6 Å². The minimum absolute atomic E-state index is 0.0598. The maximum absolute atomic E-state index is 12.6. The van der Waals surface area contributed by atoms with Crippen LogP contribution in [0.25, 0.3) is 0 Å². The number of hydrogen-bond donors (Lipinski definition) is 1. The topological polar surface area (TPSA) is 49.4 Å². The Balaban J connectivity index is 1.84. The summed E-state index contributed by atoms with van der Waals surface area (Å²) < 4.78 is 0. The number of rotatable bonds is 2. The van der Waals surface area contributed by atoms with Crippen LogP contribution in [-0.4, -0.2) is 36.3 Å². The lowest BCUT2D eigenvalue weighted by molar-refractivity contribution is -0.140. The summed E-state index contributed by atoms with van der Waals surface area (Å²) in [7, 11) is 0. The molecule has 5 heteroatoms. The molecular formula is C14H15ClN2O2. The van der Waals surface area contributed by atoms with E-state index in [-0.39, 0.29) is 18.4 Å². The normalized spacial score (nSPS) is 20.9. The van der Waals surface area contributed by atoms with E-state index in [9.17, 15) is 9.59 Å². The van der Waals surface area contributed by atoms with Crippen molar-refractivity contribution in [2.24, 2.45) is 0 Å². The number of nitrogens with one attached hydrogen (secondary N) is 1. The molecule has 2 amide bonds. The Hall–Kier alpha value is -1.55. The van der Waals surface area contributed by atoms with Gasteiger partial charge in [-0.3, -0.25) is 9.59 Å². The molecule has 4 nitrogen and oxygen atoms in total. The zero-order chi connectivity index (χ0) is 13.5. The molecule has 1 saturated carbocycles. The summed E-state index contributed by atoms with van der Waals surface area (Å²) in [6.45, 7) is 1.30. The molecule has 0 unspecified atom stereocenters. The number of hydrogen-bond acceptors (Lipinski definition) is 2. The lowest BCUT2D eigenvalue weighted by atomic mass is 9.94. The Morgan fingerprint density at radius 1 is 1.37 bits per heavy atom. The van der Waals surface area contributed by atoms with Crippen molar-refractivity contribution in [3.63, 3.8) is 0 Å². The average molecular weight is 279 g/mol. The number of benzene rings is 1. The first-order valence-electron chi connectivity index (χ1n) is 6.44. The van der Waals surface area contributed by atoms with Crippen LogP contribution in [-0.2, 0) is 15.0 Å². The zero-order valence-corrected chi connectivity index (χ0v) is 11.2. The van der Waals surface area contributed by atoms with E-state index in [4.69, 9.17) is 11.6 Å². The minimum atomic E-state index is -0.442. The third-order valence-corrected chi connectivity index (χ3v) is 4.10. The van der Waals surface area contributed by atoms with Gasteiger partial charge >= 0.3 is 0 Å². The van der Waals surface area contributed by atoms with Crippen molar-refractivity contribution in [1.29, 1.82) is 0 Å². The van der Waals surface area contributed by atoms with E-state index in [1.807, 2.05) is 18.2 Å². The zero-order valence-electron chi connectivity index (χ0n) is 10.5. The largest absolute Gasteiger partial charge is 0.353 e. The van der Waals surface area contributed by atoms with Crippen molar-refractivity contribution in [1.82, 2.24) is 10.2 Å². The highest BCUT2D eigenvalue weighted by Crippen LogP contribution is 2.50. The van der Waals surface area contributed by atoms with Gasteiger partial charge in [-0.1, -0.05) is 23.7 Å². The molecule has 19 heavy (non-hydrogen) atoms. The second kappa shape index (κ2) is 4.53. The van der Waals surface area contributed by atoms with Crippen LogP contribution < -0.4 is 5.32 Å². The molecule has 1 N–H and O–H groups in total. The molecular weight excluding hydrogens is 264 g/mol. The number of halogens is 1. The van der Waals surface area contributed by atoms with Gasteiger partial charge in [-0.25, -0.2) is 0 Å². The molecule has 3 rings (SSSR count).